The highest BCUT2D eigenvalue weighted by Crippen LogP contribution is 2.10. The van der Waals surface area contributed by atoms with Gasteiger partial charge in [0.05, 0.1) is 6.04 Å². The van der Waals surface area contributed by atoms with Gasteiger partial charge in [-0.1, -0.05) is 11.6 Å². The number of aromatic nitrogens is 3. The molecule has 0 aliphatic heterocycles. The zero-order valence-corrected chi connectivity index (χ0v) is 9.90. The van der Waals surface area contributed by atoms with Crippen LogP contribution in [0.1, 0.15) is 29.1 Å². The van der Waals surface area contributed by atoms with Crippen LogP contribution in [0.3, 0.4) is 0 Å². The smallest absolute Gasteiger partial charge is 0.252 e. The molecule has 0 fully saturated rings. The number of nitrogens with zero attached hydrogens (tertiary/aromatic N) is 2. The molecule has 0 saturated carbocycles. The lowest BCUT2D eigenvalue weighted by Gasteiger charge is -2.11. The summed E-state index contributed by atoms with van der Waals surface area (Å²) in [7, 11) is 0. The molecule has 6 heteroatoms. The number of H-pyrrole nitrogens is 1. The Morgan fingerprint density at radius 2 is 2.29 bits per heavy atom. The van der Waals surface area contributed by atoms with Gasteiger partial charge < -0.3 is 10.3 Å². The number of amides is 1. The molecule has 0 aromatic carbocycles. The van der Waals surface area contributed by atoms with Gasteiger partial charge in [0, 0.05) is 24.2 Å². The van der Waals surface area contributed by atoms with E-state index in [1.807, 2.05) is 6.92 Å². The van der Waals surface area contributed by atoms with Crippen molar-refractivity contribution in [1.29, 1.82) is 0 Å². The van der Waals surface area contributed by atoms with E-state index < -0.39 is 0 Å². The Hall–Kier alpha value is -1.88. The molecule has 2 aromatic heterocycles. The second-order valence-corrected chi connectivity index (χ2v) is 3.92. The molecule has 0 radical (unpaired) electrons. The van der Waals surface area contributed by atoms with Gasteiger partial charge in [-0.15, -0.1) is 0 Å². The third-order valence-corrected chi connectivity index (χ3v) is 2.47. The Morgan fingerprint density at radius 1 is 1.47 bits per heavy atom. The van der Waals surface area contributed by atoms with Gasteiger partial charge in [-0.3, -0.25) is 4.79 Å². The molecule has 0 saturated heterocycles. The maximum Gasteiger partial charge on any atom is 0.252 e. The Labute approximate surface area is 103 Å². The molecular formula is C11H11ClN4O. The third-order valence-electron chi connectivity index (χ3n) is 2.27. The first-order valence-corrected chi connectivity index (χ1v) is 5.46. The van der Waals surface area contributed by atoms with Crippen LogP contribution in [0.25, 0.3) is 0 Å². The SMILES string of the molecule is CC(NC(=O)c1ccnc(Cl)c1)c1ncc[nH]1. The van der Waals surface area contributed by atoms with Crippen LogP contribution in [-0.4, -0.2) is 20.9 Å². The summed E-state index contributed by atoms with van der Waals surface area (Å²) in [5, 5.41) is 3.10. The first kappa shape index (κ1) is 11.6. The largest absolute Gasteiger partial charge is 0.347 e. The third kappa shape index (κ3) is 2.82. The van der Waals surface area contributed by atoms with Crippen molar-refractivity contribution in [1.82, 2.24) is 20.3 Å². The summed E-state index contributed by atoms with van der Waals surface area (Å²) in [5.41, 5.74) is 0.475. The number of carbonyl (C=O) groups is 1. The van der Waals surface area contributed by atoms with Crippen LogP contribution in [0.15, 0.2) is 30.7 Å². The number of hydrogen-bond acceptors (Lipinski definition) is 3. The van der Waals surface area contributed by atoms with Crippen molar-refractivity contribution in [3.8, 4) is 0 Å². The summed E-state index contributed by atoms with van der Waals surface area (Å²) < 4.78 is 0. The monoisotopic (exact) mass is 250 g/mol. The zero-order valence-electron chi connectivity index (χ0n) is 9.14. The first-order valence-electron chi connectivity index (χ1n) is 5.08. The Kier molecular flexibility index (Phi) is 3.39. The van der Waals surface area contributed by atoms with Crippen molar-refractivity contribution in [2.24, 2.45) is 0 Å². The highest BCUT2D eigenvalue weighted by molar-refractivity contribution is 6.29. The van der Waals surface area contributed by atoms with E-state index in [9.17, 15) is 4.79 Å². The highest BCUT2D eigenvalue weighted by Gasteiger charge is 2.13. The molecular weight excluding hydrogens is 240 g/mol. The van der Waals surface area contributed by atoms with Crippen LogP contribution in [-0.2, 0) is 0 Å². The number of imidazole rings is 1. The summed E-state index contributed by atoms with van der Waals surface area (Å²) in [6, 6.07) is 2.94. The Bertz CT molecular complexity index is 512. The van der Waals surface area contributed by atoms with Crippen molar-refractivity contribution in [2.75, 3.05) is 0 Å². The quantitative estimate of drug-likeness (QED) is 0.818. The summed E-state index contributed by atoms with van der Waals surface area (Å²) in [4.78, 5) is 22.7. The number of rotatable bonds is 3. The maximum absolute atomic E-state index is 11.9. The van der Waals surface area contributed by atoms with Crippen LogP contribution < -0.4 is 5.32 Å². The van der Waals surface area contributed by atoms with Gasteiger partial charge in [-0.05, 0) is 19.1 Å². The standard InChI is InChI=1S/C11H11ClN4O/c1-7(10-14-4-5-15-10)16-11(17)8-2-3-13-9(12)6-8/h2-7H,1H3,(H,14,15)(H,16,17). The van der Waals surface area contributed by atoms with Crippen molar-refractivity contribution >= 4 is 17.5 Å². The lowest BCUT2D eigenvalue weighted by molar-refractivity contribution is 0.0938. The number of pyridine rings is 1. The minimum absolute atomic E-state index is 0.190. The van der Waals surface area contributed by atoms with E-state index in [2.05, 4.69) is 20.3 Å². The minimum Gasteiger partial charge on any atom is -0.347 e. The normalized spacial score (nSPS) is 12.1. The number of halogens is 1. The summed E-state index contributed by atoms with van der Waals surface area (Å²) in [6.45, 7) is 1.85. The average Bonchev–Trinajstić information content (AvgIpc) is 2.82. The predicted molar refractivity (Wildman–Crippen MR) is 63.7 cm³/mol. The Balaban J connectivity index is 2.07. The first-order chi connectivity index (χ1) is 8.16. The van der Waals surface area contributed by atoms with Crippen molar-refractivity contribution in [3.05, 3.63) is 47.3 Å². The maximum atomic E-state index is 11.9. The van der Waals surface area contributed by atoms with Crippen molar-refractivity contribution in [2.45, 2.75) is 13.0 Å². The van der Waals surface area contributed by atoms with Gasteiger partial charge in [0.25, 0.3) is 5.91 Å². The van der Waals surface area contributed by atoms with Crippen molar-refractivity contribution in [3.63, 3.8) is 0 Å². The van der Waals surface area contributed by atoms with Gasteiger partial charge in [0.1, 0.15) is 11.0 Å². The van der Waals surface area contributed by atoms with Gasteiger partial charge in [0.15, 0.2) is 0 Å². The molecule has 2 aromatic rings. The number of carbonyl (C=O) groups excluding carboxylic acids is 1. The second kappa shape index (κ2) is 4.97. The summed E-state index contributed by atoms with van der Waals surface area (Å²) >= 11 is 5.72. The number of aromatic amines is 1. The topological polar surface area (TPSA) is 70.7 Å². The van der Waals surface area contributed by atoms with E-state index in [0.29, 0.717) is 16.5 Å². The second-order valence-electron chi connectivity index (χ2n) is 3.54. The molecule has 0 spiro atoms. The molecule has 1 amide bonds. The van der Waals surface area contributed by atoms with E-state index in [4.69, 9.17) is 11.6 Å². The molecule has 0 aliphatic rings. The fraction of sp³-hybridized carbons (Fsp3) is 0.182. The predicted octanol–water partition coefficient (Wildman–Crippen LogP) is 1.95. The highest BCUT2D eigenvalue weighted by atomic mass is 35.5. The molecule has 2 N–H and O–H groups in total. The lowest BCUT2D eigenvalue weighted by Crippen LogP contribution is -2.27. The summed E-state index contributed by atoms with van der Waals surface area (Å²) in [6.07, 6.45) is 4.84. The van der Waals surface area contributed by atoms with Crippen LogP contribution in [0.2, 0.25) is 5.15 Å². The molecule has 5 nitrogen and oxygen atoms in total. The fourth-order valence-electron chi connectivity index (χ4n) is 1.41. The van der Waals surface area contributed by atoms with Gasteiger partial charge in [-0.25, -0.2) is 9.97 Å². The molecule has 0 aliphatic carbocycles. The fourth-order valence-corrected chi connectivity index (χ4v) is 1.58. The summed E-state index contributed by atoms with van der Waals surface area (Å²) in [5.74, 6) is 0.497. The molecule has 88 valence electrons. The van der Waals surface area contributed by atoms with Crippen molar-refractivity contribution < 1.29 is 4.79 Å². The van der Waals surface area contributed by atoms with Gasteiger partial charge in [-0.2, -0.15) is 0 Å². The van der Waals surface area contributed by atoms with Gasteiger partial charge in [0.2, 0.25) is 0 Å². The molecule has 0 bridgehead atoms. The molecule has 2 rings (SSSR count). The van der Waals surface area contributed by atoms with E-state index in [-0.39, 0.29) is 11.9 Å². The van der Waals surface area contributed by atoms with Crippen LogP contribution >= 0.6 is 11.6 Å². The average molecular weight is 251 g/mol. The van der Waals surface area contributed by atoms with E-state index >= 15 is 0 Å². The van der Waals surface area contributed by atoms with E-state index in [1.165, 1.54) is 12.3 Å². The number of hydrogen-bond donors (Lipinski definition) is 2. The van der Waals surface area contributed by atoms with Crippen LogP contribution in [0.5, 0.6) is 0 Å². The van der Waals surface area contributed by atoms with E-state index in [0.717, 1.165) is 0 Å². The van der Waals surface area contributed by atoms with Crippen LogP contribution in [0, 0.1) is 0 Å². The lowest BCUT2D eigenvalue weighted by atomic mass is 10.2. The molecule has 1 atom stereocenters. The van der Waals surface area contributed by atoms with E-state index in [1.54, 1.807) is 18.5 Å². The minimum atomic E-state index is -0.210. The molecule has 2 heterocycles. The van der Waals surface area contributed by atoms with Gasteiger partial charge >= 0.3 is 0 Å². The Morgan fingerprint density at radius 3 is 2.94 bits per heavy atom. The number of nitrogens with one attached hydrogen (secondary N) is 2. The molecule has 1 unspecified atom stereocenters. The zero-order chi connectivity index (χ0) is 12.3. The molecule has 17 heavy (non-hydrogen) atoms. The van der Waals surface area contributed by atoms with Crippen LogP contribution in [0.4, 0.5) is 0 Å².